The van der Waals surface area contributed by atoms with Crippen LogP contribution in [0.2, 0.25) is 0 Å². The summed E-state index contributed by atoms with van der Waals surface area (Å²) < 4.78 is 147. The summed E-state index contributed by atoms with van der Waals surface area (Å²) >= 11 is 0. The Labute approximate surface area is 334 Å². The molecule has 5 rings (SSSR count). The predicted octanol–water partition coefficient (Wildman–Crippen LogP) is -13.1. The molecule has 0 saturated carbocycles. The molecular formula is C20H6Na4O16S4. The summed E-state index contributed by atoms with van der Waals surface area (Å²) in [5, 5.41) is 11.1. The second-order valence-electron chi connectivity index (χ2n) is 8.35. The molecule has 0 fully saturated rings. The van der Waals surface area contributed by atoms with E-state index in [9.17, 15) is 71.7 Å². The van der Waals surface area contributed by atoms with Crippen LogP contribution in [0.15, 0.2) is 53.4 Å². The second kappa shape index (κ2) is 13.3. The third kappa shape index (κ3) is 6.61. The van der Waals surface area contributed by atoms with Crippen molar-refractivity contribution < 1.29 is 180 Å². The number of aromatic hydroxyl groups is 2. The van der Waals surface area contributed by atoms with Gasteiger partial charge in [0.2, 0.25) is 0 Å². The fourth-order valence-electron chi connectivity index (χ4n) is 4.84. The molecule has 16 nitrogen and oxygen atoms in total. The predicted molar refractivity (Wildman–Crippen MR) is 127 cm³/mol. The Hall–Kier alpha value is 0.240. The normalized spacial score (nSPS) is 12.5. The van der Waals surface area contributed by atoms with Gasteiger partial charge in [0, 0.05) is 44.5 Å². The van der Waals surface area contributed by atoms with Crippen LogP contribution in [0, 0.1) is 0 Å². The molecule has 24 heteroatoms. The molecule has 0 bridgehead atoms. The number of phenolic OH excluding ortho intramolecular Hbond substituents is 2. The molecule has 5 aromatic rings. The number of benzene rings is 5. The topological polar surface area (TPSA) is 303 Å². The maximum Gasteiger partial charge on any atom is 1.00 e. The Morgan fingerprint density at radius 2 is 0.591 bits per heavy atom. The van der Waals surface area contributed by atoms with E-state index in [4.69, 9.17) is 0 Å². The minimum atomic E-state index is -5.90. The number of phenols is 2. The molecule has 0 atom stereocenters. The van der Waals surface area contributed by atoms with Gasteiger partial charge < -0.3 is 28.4 Å². The van der Waals surface area contributed by atoms with Crippen molar-refractivity contribution in [1.29, 1.82) is 0 Å². The summed E-state index contributed by atoms with van der Waals surface area (Å²) in [4.78, 5) is 19.2. The third-order valence-corrected chi connectivity index (χ3v) is 9.57. The Bertz CT molecular complexity index is 2390. The van der Waals surface area contributed by atoms with Gasteiger partial charge in [0.25, 0.3) is 0 Å². The van der Waals surface area contributed by atoms with E-state index in [0.717, 1.165) is 0 Å². The molecule has 0 amide bonds. The SMILES string of the molecule is O=c1cc(S(=O)(=O)[O-])c2c3c(S(=O)(=O)[O-])cc(O)c4c(=O)cc(S(=O)(=O)[O-])c(c5c(S(=O)(=O)[O-])cc(O)c1c52)c43.[Na+].[Na+].[Na+].[Na+]. The van der Waals surface area contributed by atoms with Crippen molar-refractivity contribution in [2.75, 3.05) is 0 Å². The van der Waals surface area contributed by atoms with E-state index in [1.165, 1.54) is 0 Å². The smallest absolute Gasteiger partial charge is 0.744 e. The van der Waals surface area contributed by atoms with Crippen LogP contribution in [0.3, 0.4) is 0 Å². The van der Waals surface area contributed by atoms with Gasteiger partial charge in [-0.05, 0) is 12.1 Å². The molecule has 44 heavy (non-hydrogen) atoms. The zero-order chi connectivity index (χ0) is 30.1. The van der Waals surface area contributed by atoms with Gasteiger partial charge in [-0.2, -0.15) is 0 Å². The molecule has 0 radical (unpaired) electrons. The monoisotopic (exact) mass is 722 g/mol. The first-order valence-electron chi connectivity index (χ1n) is 9.98. The molecule has 0 saturated heterocycles. The maximum atomic E-state index is 12.9. The fourth-order valence-corrected chi connectivity index (χ4v) is 7.67. The van der Waals surface area contributed by atoms with E-state index in [0.29, 0.717) is 0 Å². The standard InChI is InChI=1S/C20H10O16S4.4Na/c21-5-1-9(37(25,26)27)15-16-10(38(28,29)30)3-7(23)14-8(24)4-12(40(34,35)36)18(20(14)16)17-11(39(31,32)33)2-6(22)13(5)19(15)17;;;;/h1-4,21,24H,(H,25,26,27)(H,28,29,30)(H,31,32,33)(H,34,35,36);;;;/q;4*+1/p-4. The van der Waals surface area contributed by atoms with Crippen molar-refractivity contribution in [3.8, 4) is 11.5 Å². The van der Waals surface area contributed by atoms with Gasteiger partial charge in [-0.1, -0.05) is 0 Å². The minimum Gasteiger partial charge on any atom is -0.744 e. The first-order valence-corrected chi connectivity index (χ1v) is 15.6. The Kier molecular flexibility index (Phi) is 12.7. The first-order chi connectivity index (χ1) is 18.1. The molecule has 2 N–H and O–H groups in total. The van der Waals surface area contributed by atoms with Crippen molar-refractivity contribution in [2.45, 2.75) is 19.6 Å². The summed E-state index contributed by atoms with van der Waals surface area (Å²) in [6.45, 7) is 0. The number of rotatable bonds is 4. The summed E-state index contributed by atoms with van der Waals surface area (Å²) in [5.74, 6) is -2.71. The quantitative estimate of drug-likeness (QED) is 0.0753. The van der Waals surface area contributed by atoms with Crippen molar-refractivity contribution >= 4 is 83.6 Å². The first kappa shape index (κ1) is 42.3. The van der Waals surface area contributed by atoms with Crippen molar-refractivity contribution in [1.82, 2.24) is 0 Å². The van der Waals surface area contributed by atoms with E-state index in [2.05, 4.69) is 0 Å². The summed E-state index contributed by atoms with van der Waals surface area (Å²) in [5.41, 5.74) is -3.09. The molecule has 0 unspecified atom stereocenters. The summed E-state index contributed by atoms with van der Waals surface area (Å²) in [6, 6.07) is 0.388. The van der Waals surface area contributed by atoms with Crippen LogP contribution in [-0.2, 0) is 40.5 Å². The van der Waals surface area contributed by atoms with Gasteiger partial charge in [0.1, 0.15) is 52.0 Å². The van der Waals surface area contributed by atoms with Crippen LogP contribution in [0.25, 0.3) is 43.1 Å². The molecule has 210 valence electrons. The third-order valence-electron chi connectivity index (χ3n) is 6.13. The van der Waals surface area contributed by atoms with Gasteiger partial charge in [-0.3, -0.25) is 9.59 Å². The molecular weight excluding hydrogens is 716 g/mol. The largest absolute Gasteiger partial charge is 1.00 e. The molecule has 0 aliphatic heterocycles. The molecule has 5 aromatic carbocycles. The average molecular weight is 722 g/mol. The zero-order valence-corrected chi connectivity index (χ0v) is 33.8. The van der Waals surface area contributed by atoms with Gasteiger partial charge >= 0.3 is 118 Å². The fraction of sp³-hybridized carbons (Fsp3) is 0. The number of hydrogen-bond acceptors (Lipinski definition) is 16. The average Bonchev–Trinajstić information content (AvgIpc) is 2.76. The molecule has 0 heterocycles. The van der Waals surface area contributed by atoms with Crippen molar-refractivity contribution in [2.24, 2.45) is 0 Å². The van der Waals surface area contributed by atoms with Crippen LogP contribution in [-0.4, -0.2) is 62.1 Å². The Morgan fingerprint density at radius 1 is 0.386 bits per heavy atom. The second-order valence-corrected chi connectivity index (χ2v) is 13.7. The van der Waals surface area contributed by atoms with E-state index in [-0.39, 0.29) is 142 Å². The van der Waals surface area contributed by atoms with Gasteiger partial charge in [0.15, 0.2) is 10.9 Å². The van der Waals surface area contributed by atoms with E-state index >= 15 is 0 Å². The Balaban J connectivity index is 0.00000242. The number of fused-ring (bicyclic) bond motifs is 2. The maximum absolute atomic E-state index is 12.9. The van der Waals surface area contributed by atoms with Crippen molar-refractivity contribution in [3.05, 3.63) is 44.7 Å². The molecule has 0 aliphatic carbocycles. The molecule has 0 aromatic heterocycles. The minimum absolute atomic E-state index is 0. The van der Waals surface area contributed by atoms with Gasteiger partial charge in [-0.25, -0.2) is 33.7 Å². The van der Waals surface area contributed by atoms with Crippen LogP contribution in [0.4, 0.5) is 0 Å². The van der Waals surface area contributed by atoms with Gasteiger partial charge in [-0.15, -0.1) is 0 Å². The summed E-state index contributed by atoms with van der Waals surface area (Å²) in [7, 11) is -23.6. The molecule has 0 aliphatic rings. The van der Waals surface area contributed by atoms with Crippen LogP contribution in [0.1, 0.15) is 0 Å². The molecule has 0 spiro atoms. The van der Waals surface area contributed by atoms with Crippen LogP contribution in [0.5, 0.6) is 11.5 Å². The van der Waals surface area contributed by atoms with Crippen molar-refractivity contribution in [3.63, 3.8) is 0 Å². The summed E-state index contributed by atoms with van der Waals surface area (Å²) in [6.07, 6.45) is 0. The van der Waals surface area contributed by atoms with E-state index in [1.54, 1.807) is 0 Å². The zero-order valence-electron chi connectivity index (χ0n) is 22.6. The Morgan fingerprint density at radius 3 is 0.795 bits per heavy atom. The number of hydrogen-bond donors (Lipinski definition) is 2. The van der Waals surface area contributed by atoms with Crippen LogP contribution >= 0.6 is 0 Å². The van der Waals surface area contributed by atoms with Crippen LogP contribution < -0.4 is 129 Å². The van der Waals surface area contributed by atoms with E-state index in [1.807, 2.05) is 0 Å². The van der Waals surface area contributed by atoms with E-state index < -0.39 is 126 Å². The van der Waals surface area contributed by atoms with Gasteiger partial charge in [0.05, 0.1) is 30.4 Å².